The van der Waals surface area contributed by atoms with Gasteiger partial charge in [-0.3, -0.25) is 9.69 Å². The molecule has 0 atom stereocenters. The summed E-state index contributed by atoms with van der Waals surface area (Å²) in [6.45, 7) is 1.91. The molecule has 31 heavy (non-hydrogen) atoms. The molecule has 0 saturated carbocycles. The van der Waals surface area contributed by atoms with Crippen LogP contribution in [0.4, 0.5) is 4.39 Å². The second-order valence-corrected chi connectivity index (χ2v) is 7.15. The Bertz CT molecular complexity index is 1090. The molecule has 2 heterocycles. The molecule has 0 aliphatic carbocycles. The summed E-state index contributed by atoms with van der Waals surface area (Å²) in [5.41, 5.74) is 2.32. The van der Waals surface area contributed by atoms with Crippen LogP contribution in [0.15, 0.2) is 88.1 Å². The molecule has 4 rings (SSSR count). The normalized spacial score (nSPS) is 11.0. The Balaban J connectivity index is 1.43. The fourth-order valence-corrected chi connectivity index (χ4v) is 3.21. The molecule has 6 nitrogen and oxygen atoms in total. The molecule has 0 aliphatic heterocycles. The highest BCUT2D eigenvalue weighted by Gasteiger charge is 2.16. The van der Waals surface area contributed by atoms with E-state index in [0.717, 1.165) is 11.1 Å². The zero-order chi connectivity index (χ0) is 21.5. The standard InChI is InChI=1S/C24H22FN3O3/c25-20-10-8-19(9-11-20)15-28(14-18-5-2-1-3-6-18)16-23-27-22(17-31-23)24(29)26-13-21-7-4-12-30-21/h1-12,17H,13-16H2,(H,26,29). The van der Waals surface area contributed by atoms with Gasteiger partial charge in [-0.1, -0.05) is 42.5 Å². The molecule has 1 amide bonds. The summed E-state index contributed by atoms with van der Waals surface area (Å²) in [6.07, 6.45) is 2.91. The van der Waals surface area contributed by atoms with E-state index in [9.17, 15) is 9.18 Å². The van der Waals surface area contributed by atoms with Gasteiger partial charge in [0, 0.05) is 13.1 Å². The molecule has 2 aromatic carbocycles. The highest BCUT2D eigenvalue weighted by atomic mass is 19.1. The SMILES string of the molecule is O=C(NCc1ccco1)c1coc(CN(Cc2ccccc2)Cc2ccc(F)cc2)n1. The number of carbonyl (C=O) groups excluding carboxylic acids is 1. The van der Waals surface area contributed by atoms with Gasteiger partial charge in [0.2, 0.25) is 5.89 Å². The van der Waals surface area contributed by atoms with Crippen LogP contribution in [0, 0.1) is 5.82 Å². The van der Waals surface area contributed by atoms with Crippen molar-refractivity contribution in [1.82, 2.24) is 15.2 Å². The quantitative estimate of drug-likeness (QED) is 0.431. The molecule has 0 unspecified atom stereocenters. The lowest BCUT2D eigenvalue weighted by atomic mass is 10.1. The van der Waals surface area contributed by atoms with Crippen LogP contribution in [0.5, 0.6) is 0 Å². The van der Waals surface area contributed by atoms with Gasteiger partial charge >= 0.3 is 0 Å². The molecular formula is C24H22FN3O3. The molecule has 1 N–H and O–H groups in total. The van der Waals surface area contributed by atoms with Crippen molar-refractivity contribution < 1.29 is 18.0 Å². The predicted molar refractivity (Wildman–Crippen MR) is 112 cm³/mol. The zero-order valence-electron chi connectivity index (χ0n) is 16.8. The number of nitrogens with one attached hydrogen (secondary N) is 1. The first-order valence-corrected chi connectivity index (χ1v) is 9.91. The van der Waals surface area contributed by atoms with Crippen LogP contribution < -0.4 is 5.32 Å². The largest absolute Gasteiger partial charge is 0.467 e. The molecule has 0 aliphatic rings. The average molecular weight is 419 g/mol. The Morgan fingerprint density at radius 1 is 0.903 bits per heavy atom. The molecule has 0 radical (unpaired) electrons. The molecule has 158 valence electrons. The van der Waals surface area contributed by atoms with Crippen molar-refractivity contribution in [3.05, 3.63) is 114 Å². The fraction of sp³-hybridized carbons (Fsp3) is 0.167. The van der Waals surface area contributed by atoms with E-state index in [1.54, 1.807) is 30.5 Å². The molecule has 0 bridgehead atoms. The molecule has 0 fully saturated rings. The van der Waals surface area contributed by atoms with Crippen LogP contribution in [-0.4, -0.2) is 15.8 Å². The number of oxazole rings is 1. The number of hydrogen-bond acceptors (Lipinski definition) is 5. The van der Waals surface area contributed by atoms with Gasteiger partial charge in [0.1, 0.15) is 17.8 Å². The number of hydrogen-bond donors (Lipinski definition) is 1. The van der Waals surface area contributed by atoms with Gasteiger partial charge in [-0.15, -0.1) is 0 Å². The minimum atomic E-state index is -0.334. The first kappa shape index (κ1) is 20.6. The third-order valence-electron chi connectivity index (χ3n) is 4.71. The molecule has 0 saturated heterocycles. The van der Waals surface area contributed by atoms with Crippen molar-refractivity contribution in [1.29, 1.82) is 0 Å². The summed E-state index contributed by atoms with van der Waals surface area (Å²) in [5, 5.41) is 2.75. The minimum Gasteiger partial charge on any atom is -0.467 e. The van der Waals surface area contributed by atoms with Gasteiger partial charge in [-0.25, -0.2) is 9.37 Å². The number of benzene rings is 2. The smallest absolute Gasteiger partial charge is 0.273 e. The Labute approximate surface area is 179 Å². The molecule has 4 aromatic rings. The number of furan rings is 1. The van der Waals surface area contributed by atoms with Crippen LogP contribution in [0.1, 0.15) is 33.3 Å². The second kappa shape index (κ2) is 9.86. The van der Waals surface area contributed by atoms with E-state index >= 15 is 0 Å². The van der Waals surface area contributed by atoms with Crippen LogP contribution in [-0.2, 0) is 26.2 Å². The first-order chi connectivity index (χ1) is 15.2. The van der Waals surface area contributed by atoms with Gasteiger partial charge in [-0.2, -0.15) is 0 Å². The van der Waals surface area contributed by atoms with Gasteiger partial charge in [0.25, 0.3) is 5.91 Å². The van der Waals surface area contributed by atoms with Crippen molar-refractivity contribution in [2.45, 2.75) is 26.2 Å². The third kappa shape index (κ3) is 5.90. The molecule has 7 heteroatoms. The van der Waals surface area contributed by atoms with Crippen molar-refractivity contribution in [3.63, 3.8) is 0 Å². The van der Waals surface area contributed by atoms with Gasteiger partial charge in [-0.05, 0) is 35.4 Å². The van der Waals surface area contributed by atoms with Gasteiger partial charge in [0.05, 0.1) is 19.4 Å². The number of carbonyl (C=O) groups is 1. The van der Waals surface area contributed by atoms with Crippen molar-refractivity contribution in [2.75, 3.05) is 0 Å². The third-order valence-corrected chi connectivity index (χ3v) is 4.71. The van der Waals surface area contributed by atoms with Gasteiger partial charge in [0.15, 0.2) is 5.69 Å². The molecule has 0 spiro atoms. The zero-order valence-corrected chi connectivity index (χ0v) is 16.8. The highest BCUT2D eigenvalue weighted by molar-refractivity contribution is 5.91. The van der Waals surface area contributed by atoms with Crippen molar-refractivity contribution in [3.8, 4) is 0 Å². The summed E-state index contributed by atoms with van der Waals surface area (Å²) in [6, 6.07) is 20.0. The fourth-order valence-electron chi connectivity index (χ4n) is 3.21. The molecule has 2 aromatic heterocycles. The average Bonchev–Trinajstić information content (AvgIpc) is 3.47. The number of rotatable bonds is 9. The number of halogens is 1. The Hall–Kier alpha value is -3.71. The maximum Gasteiger partial charge on any atom is 0.273 e. The number of aromatic nitrogens is 1. The Morgan fingerprint density at radius 2 is 1.65 bits per heavy atom. The van der Waals surface area contributed by atoms with E-state index in [-0.39, 0.29) is 24.0 Å². The van der Waals surface area contributed by atoms with Crippen molar-refractivity contribution >= 4 is 5.91 Å². The summed E-state index contributed by atoms with van der Waals surface area (Å²) < 4.78 is 24.0. The number of nitrogens with zero attached hydrogens (tertiary/aromatic N) is 2. The predicted octanol–water partition coefficient (Wildman–Crippen LogP) is 4.54. The lowest BCUT2D eigenvalue weighted by Crippen LogP contribution is -2.24. The van der Waals surface area contributed by atoms with Crippen LogP contribution in [0.3, 0.4) is 0 Å². The Kier molecular flexibility index (Phi) is 6.54. The summed E-state index contributed by atoms with van der Waals surface area (Å²) in [7, 11) is 0. The van der Waals surface area contributed by atoms with E-state index < -0.39 is 0 Å². The Morgan fingerprint density at radius 3 is 2.35 bits per heavy atom. The lowest BCUT2D eigenvalue weighted by Gasteiger charge is -2.21. The summed E-state index contributed by atoms with van der Waals surface area (Å²) in [5.74, 6) is 0.488. The van der Waals surface area contributed by atoms with E-state index in [1.165, 1.54) is 18.4 Å². The minimum absolute atomic E-state index is 0.211. The summed E-state index contributed by atoms with van der Waals surface area (Å²) in [4.78, 5) is 18.8. The topological polar surface area (TPSA) is 71.5 Å². The van der Waals surface area contributed by atoms with Crippen LogP contribution >= 0.6 is 0 Å². The monoisotopic (exact) mass is 419 g/mol. The summed E-state index contributed by atoms with van der Waals surface area (Å²) >= 11 is 0. The number of amides is 1. The molecular weight excluding hydrogens is 397 g/mol. The maximum absolute atomic E-state index is 13.3. The lowest BCUT2D eigenvalue weighted by molar-refractivity contribution is 0.0943. The van der Waals surface area contributed by atoms with E-state index in [1.807, 2.05) is 30.3 Å². The first-order valence-electron chi connectivity index (χ1n) is 9.91. The highest BCUT2D eigenvalue weighted by Crippen LogP contribution is 2.15. The van der Waals surface area contributed by atoms with Gasteiger partial charge < -0.3 is 14.2 Å². The second-order valence-electron chi connectivity index (χ2n) is 7.15. The maximum atomic E-state index is 13.3. The van der Waals surface area contributed by atoms with E-state index in [0.29, 0.717) is 31.3 Å². The van der Waals surface area contributed by atoms with Crippen molar-refractivity contribution in [2.24, 2.45) is 0 Å². The van der Waals surface area contributed by atoms with Crippen LogP contribution in [0.25, 0.3) is 0 Å². The van der Waals surface area contributed by atoms with E-state index in [2.05, 4.69) is 15.2 Å². The van der Waals surface area contributed by atoms with E-state index in [4.69, 9.17) is 8.83 Å². The van der Waals surface area contributed by atoms with Crippen LogP contribution in [0.2, 0.25) is 0 Å².